The molecule has 1 spiro atoms. The molecule has 10 aromatic carbocycles. The number of hydrogen-bond donors (Lipinski definition) is 0. The highest BCUT2D eigenvalue weighted by atomic mass is 16.3. The molecule has 0 unspecified atom stereocenters. The number of para-hydroxylation sites is 3. The zero-order valence-corrected chi connectivity index (χ0v) is 35.0. The van der Waals surface area contributed by atoms with E-state index in [9.17, 15) is 0 Å². The van der Waals surface area contributed by atoms with Crippen LogP contribution in [0.25, 0.3) is 93.6 Å². The van der Waals surface area contributed by atoms with Crippen molar-refractivity contribution in [2.75, 3.05) is 4.90 Å². The first kappa shape index (κ1) is 34.9. The number of benzene rings is 10. The maximum absolute atomic E-state index is 6.51. The Kier molecular flexibility index (Phi) is 6.85. The number of furan rings is 2. The number of hydrogen-bond acceptors (Lipinski definition) is 3. The summed E-state index contributed by atoms with van der Waals surface area (Å²) in [6.07, 6.45) is 0. The average Bonchev–Trinajstić information content (AvgIpc) is 4.16. The summed E-state index contributed by atoms with van der Waals surface area (Å²) < 4.78 is 15.4. The second-order valence-corrected chi connectivity index (χ2v) is 17.5. The Balaban J connectivity index is 1.05. The van der Waals surface area contributed by atoms with Gasteiger partial charge >= 0.3 is 0 Å². The fourth-order valence-electron chi connectivity index (χ4n) is 11.9. The van der Waals surface area contributed by atoms with Gasteiger partial charge in [0.1, 0.15) is 22.3 Å². The lowest BCUT2D eigenvalue weighted by atomic mass is 9.70. The first-order valence-corrected chi connectivity index (χ1v) is 22.3. The Morgan fingerprint density at radius 1 is 0.369 bits per heavy atom. The van der Waals surface area contributed by atoms with Crippen LogP contribution in [0.5, 0.6) is 0 Å². The van der Waals surface area contributed by atoms with Gasteiger partial charge in [0.15, 0.2) is 0 Å². The minimum atomic E-state index is -0.475. The van der Waals surface area contributed by atoms with Crippen molar-refractivity contribution in [1.29, 1.82) is 0 Å². The molecule has 0 radical (unpaired) electrons. The van der Waals surface area contributed by atoms with Crippen molar-refractivity contribution in [3.05, 3.63) is 241 Å². The molecule has 0 aliphatic heterocycles. The van der Waals surface area contributed by atoms with Gasteiger partial charge in [-0.3, -0.25) is 0 Å². The summed E-state index contributed by atoms with van der Waals surface area (Å²) in [5.74, 6) is 0. The molecule has 3 heterocycles. The summed E-state index contributed by atoms with van der Waals surface area (Å²) in [5, 5.41) is 6.75. The van der Waals surface area contributed by atoms with E-state index < -0.39 is 5.41 Å². The van der Waals surface area contributed by atoms with E-state index in [1.807, 2.05) is 12.1 Å². The molecule has 4 heteroatoms. The van der Waals surface area contributed by atoms with E-state index in [4.69, 9.17) is 8.83 Å². The summed E-state index contributed by atoms with van der Waals surface area (Å²) in [5.41, 5.74) is 20.0. The van der Waals surface area contributed by atoms with Crippen LogP contribution in [0.2, 0.25) is 0 Å². The topological polar surface area (TPSA) is 34.5 Å². The van der Waals surface area contributed by atoms with Gasteiger partial charge in [-0.25, -0.2) is 0 Å². The van der Waals surface area contributed by atoms with E-state index in [-0.39, 0.29) is 0 Å². The zero-order valence-electron chi connectivity index (χ0n) is 35.0. The Morgan fingerprint density at radius 3 is 1.69 bits per heavy atom. The third-order valence-corrected chi connectivity index (χ3v) is 14.4. The molecular weight excluding hydrogens is 793 g/mol. The van der Waals surface area contributed by atoms with E-state index in [1.165, 1.54) is 49.9 Å². The maximum atomic E-state index is 6.51. The van der Waals surface area contributed by atoms with E-state index in [0.29, 0.717) is 0 Å². The van der Waals surface area contributed by atoms with Gasteiger partial charge in [-0.15, -0.1) is 0 Å². The normalized spacial score (nSPS) is 13.4. The summed E-state index contributed by atoms with van der Waals surface area (Å²) in [4.78, 5) is 2.49. The van der Waals surface area contributed by atoms with E-state index in [0.717, 1.165) is 83.0 Å². The van der Waals surface area contributed by atoms with Crippen molar-refractivity contribution in [1.82, 2.24) is 4.57 Å². The van der Waals surface area contributed by atoms with E-state index in [1.54, 1.807) is 0 Å². The highest BCUT2D eigenvalue weighted by Crippen LogP contribution is 2.64. The van der Waals surface area contributed by atoms with Gasteiger partial charge in [-0.1, -0.05) is 140 Å². The number of rotatable bonds is 4. The summed E-state index contributed by atoms with van der Waals surface area (Å²) in [6, 6.07) is 79.7. The van der Waals surface area contributed by atoms with Crippen LogP contribution in [-0.2, 0) is 5.41 Å². The Morgan fingerprint density at radius 2 is 0.923 bits per heavy atom. The van der Waals surface area contributed by atoms with Gasteiger partial charge in [0, 0.05) is 49.6 Å². The van der Waals surface area contributed by atoms with Crippen molar-refractivity contribution in [3.63, 3.8) is 0 Å². The molecular formula is C61H36N2O2. The van der Waals surface area contributed by atoms with Crippen LogP contribution in [0.15, 0.2) is 227 Å². The van der Waals surface area contributed by atoms with Gasteiger partial charge < -0.3 is 18.3 Å². The SMILES string of the molecule is c1ccc(-n2c3ccc(N(c4ccc5oc6ccccc6c5c4)c4cccc5c4-c4ccccc4C54c5ccccc5-c5ccccc54)cc3c3ccc4oc5ccccc5c4c32)cc1. The lowest BCUT2D eigenvalue weighted by molar-refractivity contribution is 0.668. The quantitative estimate of drug-likeness (QED) is 0.177. The average molecular weight is 829 g/mol. The third-order valence-electron chi connectivity index (χ3n) is 14.4. The monoisotopic (exact) mass is 828 g/mol. The van der Waals surface area contributed by atoms with Gasteiger partial charge in [-0.2, -0.15) is 0 Å². The molecule has 0 atom stereocenters. The largest absolute Gasteiger partial charge is 0.456 e. The van der Waals surface area contributed by atoms with Crippen LogP contribution >= 0.6 is 0 Å². The maximum Gasteiger partial charge on any atom is 0.137 e. The Labute approximate surface area is 373 Å². The number of aromatic nitrogens is 1. The van der Waals surface area contributed by atoms with Crippen molar-refractivity contribution in [3.8, 4) is 27.9 Å². The predicted molar refractivity (Wildman–Crippen MR) is 266 cm³/mol. The molecule has 0 saturated heterocycles. The molecule has 2 aliphatic rings. The van der Waals surface area contributed by atoms with Gasteiger partial charge in [0.25, 0.3) is 0 Å². The molecule has 0 N–H and O–H groups in total. The lowest BCUT2D eigenvalue weighted by Gasteiger charge is -2.32. The van der Waals surface area contributed by atoms with Crippen molar-refractivity contribution < 1.29 is 8.83 Å². The minimum Gasteiger partial charge on any atom is -0.456 e. The van der Waals surface area contributed by atoms with E-state index >= 15 is 0 Å². The molecule has 3 aromatic heterocycles. The number of anilines is 3. The molecule has 0 fully saturated rings. The standard InChI is InChI=1S/C61H36N2O2/c1-2-15-37(16-3-1)63-52-32-29-38(35-46(52)43-31-34-57-59(60(43)63)45-21-8-13-28-55(45)65-57)62(39-30-33-56-47(36-39)42-19-7-12-27-54(42)64-56)53-26-14-25-51-58(53)44-20-6-11-24-50(44)61(51)48-22-9-4-17-40(48)41-18-5-10-23-49(41)61/h1-36H. The lowest BCUT2D eigenvalue weighted by Crippen LogP contribution is -2.26. The number of fused-ring (bicyclic) bond motifs is 20. The van der Waals surface area contributed by atoms with Crippen molar-refractivity contribution in [2.24, 2.45) is 0 Å². The highest BCUT2D eigenvalue weighted by Gasteiger charge is 2.52. The minimum absolute atomic E-state index is 0.475. The van der Waals surface area contributed by atoms with Gasteiger partial charge in [0.05, 0.1) is 27.5 Å². The second kappa shape index (κ2) is 12.7. The first-order chi connectivity index (χ1) is 32.3. The molecule has 65 heavy (non-hydrogen) atoms. The predicted octanol–water partition coefficient (Wildman–Crippen LogP) is 16.4. The first-order valence-electron chi connectivity index (χ1n) is 22.3. The molecule has 15 rings (SSSR count). The summed E-state index contributed by atoms with van der Waals surface area (Å²) in [7, 11) is 0. The Bertz CT molecular complexity index is 4100. The van der Waals surface area contributed by atoms with E-state index in [2.05, 4.69) is 216 Å². The smallest absolute Gasteiger partial charge is 0.137 e. The second-order valence-electron chi connectivity index (χ2n) is 17.5. The van der Waals surface area contributed by atoms with Gasteiger partial charge in [0.2, 0.25) is 0 Å². The van der Waals surface area contributed by atoms with Gasteiger partial charge in [-0.05, 0) is 118 Å². The zero-order chi connectivity index (χ0) is 42.4. The van der Waals surface area contributed by atoms with Crippen LogP contribution in [-0.4, -0.2) is 4.57 Å². The van der Waals surface area contributed by atoms with Crippen LogP contribution in [0.1, 0.15) is 22.3 Å². The highest BCUT2D eigenvalue weighted by molar-refractivity contribution is 6.25. The number of nitrogens with zero attached hydrogens (tertiary/aromatic N) is 2. The fourth-order valence-corrected chi connectivity index (χ4v) is 11.9. The van der Waals surface area contributed by atoms with Crippen LogP contribution in [0, 0.1) is 0 Å². The van der Waals surface area contributed by atoms with Crippen molar-refractivity contribution in [2.45, 2.75) is 5.41 Å². The molecule has 0 bridgehead atoms. The van der Waals surface area contributed by atoms with Crippen LogP contribution < -0.4 is 4.90 Å². The molecule has 302 valence electrons. The molecule has 0 amide bonds. The van der Waals surface area contributed by atoms with Crippen LogP contribution in [0.3, 0.4) is 0 Å². The molecule has 13 aromatic rings. The Hall–Kier alpha value is -8.60. The van der Waals surface area contributed by atoms with Crippen LogP contribution in [0.4, 0.5) is 17.1 Å². The molecule has 2 aliphatic carbocycles. The molecule has 0 saturated carbocycles. The third kappa shape index (κ3) is 4.50. The summed E-state index contributed by atoms with van der Waals surface area (Å²) in [6.45, 7) is 0. The van der Waals surface area contributed by atoms with Crippen molar-refractivity contribution >= 4 is 82.7 Å². The molecule has 4 nitrogen and oxygen atoms in total. The fraction of sp³-hybridized carbons (Fsp3) is 0.0164. The summed E-state index contributed by atoms with van der Waals surface area (Å²) >= 11 is 0.